The van der Waals surface area contributed by atoms with Gasteiger partial charge in [0.15, 0.2) is 9.84 Å². The maximum atomic E-state index is 13.5. The maximum absolute atomic E-state index is 13.5. The molecule has 0 spiro atoms. The lowest BCUT2D eigenvalue weighted by molar-refractivity contribution is -0.127. The molecule has 0 unspecified atom stereocenters. The van der Waals surface area contributed by atoms with Crippen molar-refractivity contribution in [1.82, 2.24) is 20.3 Å². The summed E-state index contributed by atoms with van der Waals surface area (Å²) in [7, 11) is -3.05. The van der Waals surface area contributed by atoms with E-state index in [0.29, 0.717) is 49.6 Å². The number of nitriles is 1. The zero-order valence-corrected chi connectivity index (χ0v) is 22.4. The minimum atomic E-state index is -3.05. The topological polar surface area (TPSA) is 142 Å². The first kappa shape index (κ1) is 25.5. The summed E-state index contributed by atoms with van der Waals surface area (Å²) in [5.41, 5.74) is 1.57. The van der Waals surface area contributed by atoms with Crippen LogP contribution >= 0.6 is 0 Å². The van der Waals surface area contributed by atoms with Crippen LogP contribution in [-0.4, -0.2) is 59.4 Å². The molecule has 1 aromatic carbocycles. The zero-order valence-electron chi connectivity index (χ0n) is 21.5. The Morgan fingerprint density at radius 3 is 2.51 bits per heavy atom. The number of oxazole rings is 1. The second-order valence-electron chi connectivity index (χ2n) is 10.6. The van der Waals surface area contributed by atoms with Gasteiger partial charge in [-0.3, -0.25) is 4.79 Å². The molecule has 2 atom stereocenters. The molecule has 0 bridgehead atoms. The number of rotatable bonds is 6. The molecule has 1 saturated heterocycles. The number of benzene rings is 1. The lowest BCUT2D eigenvalue weighted by Crippen LogP contribution is -2.42. The molecule has 2 saturated carbocycles. The fourth-order valence-corrected chi connectivity index (χ4v) is 6.86. The van der Waals surface area contributed by atoms with E-state index in [1.807, 2.05) is 24.3 Å². The molecule has 1 aliphatic heterocycles. The van der Waals surface area contributed by atoms with Crippen LogP contribution in [0.25, 0.3) is 23.0 Å². The van der Waals surface area contributed by atoms with Crippen LogP contribution in [0.2, 0.25) is 0 Å². The predicted molar refractivity (Wildman–Crippen MR) is 144 cm³/mol. The van der Waals surface area contributed by atoms with E-state index in [1.54, 1.807) is 18.5 Å². The van der Waals surface area contributed by atoms with Crippen LogP contribution in [0, 0.1) is 17.2 Å². The molecule has 3 aromatic rings. The first-order chi connectivity index (χ1) is 18.9. The van der Waals surface area contributed by atoms with Gasteiger partial charge in [0, 0.05) is 48.6 Å². The monoisotopic (exact) mass is 546 g/mol. The standard InChI is InChI=1S/C28H30N6O4S/c29-18-28(10-11-28)33-26(35)20-7-2-1-6-19(20)24-23(32-27(38-24)25-30-12-5-13-31-25)21-8-3-4-9-22(21)34-14-16-39(36,37)17-15-34/h3-5,8-9,12-13,19-20H,1-2,6-7,10-11,14-17H2,(H,33,35)/t19-,20-/m1/s1. The summed E-state index contributed by atoms with van der Waals surface area (Å²) in [6, 6.07) is 11.8. The molecule has 2 aliphatic carbocycles. The van der Waals surface area contributed by atoms with E-state index in [4.69, 9.17) is 9.40 Å². The summed E-state index contributed by atoms with van der Waals surface area (Å²) in [5, 5.41) is 12.5. The Morgan fingerprint density at radius 2 is 1.79 bits per heavy atom. The Bertz CT molecular complexity index is 1510. The second-order valence-corrected chi connectivity index (χ2v) is 12.9. The van der Waals surface area contributed by atoms with Crippen LogP contribution in [0.4, 0.5) is 5.69 Å². The molecule has 3 fully saturated rings. The summed E-state index contributed by atoms with van der Waals surface area (Å²) in [6.45, 7) is 0.789. The average Bonchev–Trinajstić information content (AvgIpc) is 3.60. The van der Waals surface area contributed by atoms with E-state index in [0.717, 1.165) is 30.5 Å². The smallest absolute Gasteiger partial charge is 0.265 e. The number of aromatic nitrogens is 3. The van der Waals surface area contributed by atoms with Gasteiger partial charge in [-0.25, -0.2) is 23.4 Å². The maximum Gasteiger partial charge on any atom is 0.265 e. The Labute approximate surface area is 227 Å². The molecule has 0 radical (unpaired) electrons. The van der Waals surface area contributed by atoms with Crippen LogP contribution in [-0.2, 0) is 14.6 Å². The number of para-hydroxylation sites is 1. The van der Waals surface area contributed by atoms with Crippen LogP contribution in [0.1, 0.15) is 50.2 Å². The van der Waals surface area contributed by atoms with Crippen LogP contribution < -0.4 is 10.2 Å². The summed E-state index contributed by atoms with van der Waals surface area (Å²) in [6.07, 6.45) is 7.92. The van der Waals surface area contributed by atoms with E-state index < -0.39 is 15.4 Å². The molecule has 3 heterocycles. The van der Waals surface area contributed by atoms with Crippen molar-refractivity contribution in [1.29, 1.82) is 5.26 Å². The number of hydrogen-bond donors (Lipinski definition) is 1. The fourth-order valence-electron chi connectivity index (χ4n) is 5.66. The van der Waals surface area contributed by atoms with Gasteiger partial charge < -0.3 is 14.6 Å². The van der Waals surface area contributed by atoms with Gasteiger partial charge in [0.05, 0.1) is 17.6 Å². The first-order valence-electron chi connectivity index (χ1n) is 13.4. The van der Waals surface area contributed by atoms with Gasteiger partial charge in [0.1, 0.15) is 17.0 Å². The van der Waals surface area contributed by atoms with Gasteiger partial charge in [-0.2, -0.15) is 5.26 Å². The molecule has 202 valence electrons. The molecular formula is C28H30N6O4S. The summed E-state index contributed by atoms with van der Waals surface area (Å²) < 4.78 is 30.6. The van der Waals surface area contributed by atoms with E-state index >= 15 is 0 Å². The molecule has 2 aromatic heterocycles. The summed E-state index contributed by atoms with van der Waals surface area (Å²) >= 11 is 0. The van der Waals surface area contributed by atoms with Crippen LogP contribution in [0.3, 0.4) is 0 Å². The highest BCUT2D eigenvalue weighted by atomic mass is 32.2. The molecule has 39 heavy (non-hydrogen) atoms. The van der Waals surface area contributed by atoms with Gasteiger partial charge in [0.25, 0.3) is 5.89 Å². The highest BCUT2D eigenvalue weighted by molar-refractivity contribution is 7.91. The van der Waals surface area contributed by atoms with Crippen LogP contribution in [0.5, 0.6) is 0 Å². The number of hydrogen-bond acceptors (Lipinski definition) is 9. The second kappa shape index (κ2) is 10.1. The highest BCUT2D eigenvalue weighted by Crippen LogP contribution is 2.46. The molecule has 1 amide bonds. The van der Waals surface area contributed by atoms with Crippen molar-refractivity contribution in [3.63, 3.8) is 0 Å². The normalized spacial score (nSPS) is 23.5. The lowest BCUT2D eigenvalue weighted by atomic mass is 9.76. The number of carbonyl (C=O) groups is 1. The summed E-state index contributed by atoms with van der Waals surface area (Å²) in [5.74, 6) is 0.728. The van der Waals surface area contributed by atoms with Gasteiger partial charge in [-0.15, -0.1) is 0 Å². The molecule has 1 N–H and O–H groups in total. The van der Waals surface area contributed by atoms with Crippen molar-refractivity contribution in [2.24, 2.45) is 5.92 Å². The largest absolute Gasteiger partial charge is 0.438 e. The molecule has 6 rings (SSSR count). The Hall–Kier alpha value is -3.78. The van der Waals surface area contributed by atoms with Gasteiger partial charge in [0.2, 0.25) is 11.7 Å². The average molecular weight is 547 g/mol. The van der Waals surface area contributed by atoms with Gasteiger partial charge >= 0.3 is 0 Å². The Balaban J connectivity index is 1.43. The first-order valence-corrected chi connectivity index (χ1v) is 15.3. The van der Waals surface area contributed by atoms with Crippen molar-refractivity contribution in [3.05, 3.63) is 48.5 Å². The molecule has 11 heteroatoms. The summed E-state index contributed by atoms with van der Waals surface area (Å²) in [4.78, 5) is 29.1. The van der Waals surface area contributed by atoms with Crippen molar-refractivity contribution in [2.45, 2.75) is 50.0 Å². The minimum Gasteiger partial charge on any atom is -0.438 e. The molecule has 3 aliphatic rings. The van der Waals surface area contributed by atoms with E-state index in [1.165, 1.54) is 0 Å². The van der Waals surface area contributed by atoms with E-state index in [9.17, 15) is 18.5 Å². The Kier molecular flexibility index (Phi) is 6.59. The quantitative estimate of drug-likeness (QED) is 0.492. The lowest BCUT2D eigenvalue weighted by Gasteiger charge is -2.32. The number of amides is 1. The number of sulfone groups is 1. The van der Waals surface area contributed by atoms with Crippen molar-refractivity contribution in [3.8, 4) is 29.0 Å². The zero-order chi connectivity index (χ0) is 27.0. The third kappa shape index (κ3) is 5.13. The number of nitrogens with zero attached hydrogens (tertiary/aromatic N) is 5. The van der Waals surface area contributed by atoms with Crippen LogP contribution in [0.15, 0.2) is 47.1 Å². The highest BCUT2D eigenvalue weighted by Gasteiger charge is 2.47. The third-order valence-electron chi connectivity index (χ3n) is 8.02. The fraction of sp³-hybridized carbons (Fsp3) is 0.464. The molecule has 10 nitrogen and oxygen atoms in total. The van der Waals surface area contributed by atoms with E-state index in [2.05, 4.69) is 26.3 Å². The van der Waals surface area contributed by atoms with E-state index in [-0.39, 0.29) is 35.1 Å². The SMILES string of the molecule is N#CC1(NC(=O)[C@@H]2CCCC[C@H]2c2oc(-c3ncccn3)nc2-c2ccccc2N2CCS(=O)(=O)CC2)CC1. The van der Waals surface area contributed by atoms with Crippen molar-refractivity contribution in [2.75, 3.05) is 29.5 Å². The minimum absolute atomic E-state index is 0.0988. The number of nitrogens with one attached hydrogen (secondary N) is 1. The third-order valence-corrected chi connectivity index (χ3v) is 9.63. The number of anilines is 1. The Morgan fingerprint density at radius 1 is 1.08 bits per heavy atom. The van der Waals surface area contributed by atoms with Crippen molar-refractivity contribution >= 4 is 21.4 Å². The number of carbonyl (C=O) groups excluding carboxylic acids is 1. The van der Waals surface area contributed by atoms with Gasteiger partial charge in [-0.1, -0.05) is 31.0 Å². The van der Waals surface area contributed by atoms with Gasteiger partial charge in [-0.05, 0) is 37.8 Å². The van der Waals surface area contributed by atoms with Crippen molar-refractivity contribution < 1.29 is 17.6 Å². The predicted octanol–water partition coefficient (Wildman–Crippen LogP) is 3.48. The molecular weight excluding hydrogens is 516 g/mol.